The van der Waals surface area contributed by atoms with Crippen LogP contribution in [0.25, 0.3) is 0 Å². The first kappa shape index (κ1) is 7.58. The van der Waals surface area contributed by atoms with Gasteiger partial charge in [0.2, 0.25) is 0 Å². The van der Waals surface area contributed by atoms with E-state index in [0.29, 0.717) is 11.0 Å². The van der Waals surface area contributed by atoms with Gasteiger partial charge in [-0.15, -0.1) is 0 Å². The van der Waals surface area contributed by atoms with Gasteiger partial charge in [-0.05, 0) is 11.5 Å². The number of fused-ring (bicyclic) bond motifs is 1. The molecule has 0 saturated carbocycles. The van der Waals surface area contributed by atoms with Gasteiger partial charge in [-0.1, -0.05) is 6.07 Å². The Kier molecular flexibility index (Phi) is 1.56. The third-order valence-corrected chi connectivity index (χ3v) is 1.96. The summed E-state index contributed by atoms with van der Waals surface area (Å²) in [5.41, 5.74) is 6.25. The maximum atomic E-state index is 13.2. The fraction of sp³-hybridized carbons (Fsp3) is 0.143. The lowest BCUT2D eigenvalue weighted by atomic mass is 9.79. The van der Waals surface area contributed by atoms with Crippen LogP contribution in [0.3, 0.4) is 0 Å². The van der Waals surface area contributed by atoms with Gasteiger partial charge in [-0.25, -0.2) is 4.39 Å². The molecule has 0 atom stereocenters. The van der Waals surface area contributed by atoms with Crippen LogP contribution in [0.4, 0.5) is 10.1 Å². The molecule has 0 fully saturated rings. The van der Waals surface area contributed by atoms with Crippen LogP contribution in [-0.4, -0.2) is 12.1 Å². The summed E-state index contributed by atoms with van der Waals surface area (Å²) >= 11 is 0. The number of anilines is 1. The number of hydrogen-bond donors (Lipinski definition) is 2. The van der Waals surface area contributed by atoms with Crippen molar-refractivity contribution in [1.29, 1.82) is 0 Å². The fourth-order valence-corrected chi connectivity index (χ4v) is 1.28. The summed E-state index contributed by atoms with van der Waals surface area (Å²) in [6.45, 7) is 0.0906. The van der Waals surface area contributed by atoms with E-state index in [0.717, 1.165) is 0 Å². The van der Waals surface area contributed by atoms with Gasteiger partial charge in [0, 0.05) is 5.56 Å². The van der Waals surface area contributed by atoms with Gasteiger partial charge in [0.25, 0.3) is 0 Å². The van der Waals surface area contributed by atoms with E-state index < -0.39 is 12.9 Å². The van der Waals surface area contributed by atoms with Crippen molar-refractivity contribution >= 4 is 18.3 Å². The van der Waals surface area contributed by atoms with Gasteiger partial charge in [0.05, 0.1) is 12.3 Å². The molecule has 12 heavy (non-hydrogen) atoms. The number of rotatable bonds is 0. The van der Waals surface area contributed by atoms with Crippen LogP contribution in [0.5, 0.6) is 0 Å². The summed E-state index contributed by atoms with van der Waals surface area (Å²) in [6.07, 6.45) is 0. The minimum absolute atomic E-state index is 0.0893. The molecule has 3 nitrogen and oxygen atoms in total. The Balaban J connectivity index is 2.60. The van der Waals surface area contributed by atoms with E-state index in [2.05, 4.69) is 0 Å². The van der Waals surface area contributed by atoms with Crippen LogP contribution in [-0.2, 0) is 11.3 Å². The van der Waals surface area contributed by atoms with Crippen molar-refractivity contribution in [3.63, 3.8) is 0 Å². The van der Waals surface area contributed by atoms with E-state index in [1.165, 1.54) is 6.07 Å². The number of halogens is 1. The molecule has 3 N–H and O–H groups in total. The van der Waals surface area contributed by atoms with E-state index in [9.17, 15) is 4.39 Å². The Morgan fingerprint density at radius 3 is 3.08 bits per heavy atom. The molecular formula is C7H7BFNO2. The molecule has 1 heterocycles. The predicted molar refractivity (Wildman–Crippen MR) is 43.2 cm³/mol. The first-order valence-corrected chi connectivity index (χ1v) is 3.56. The van der Waals surface area contributed by atoms with Crippen LogP contribution >= 0.6 is 0 Å². The van der Waals surface area contributed by atoms with Crippen LogP contribution in [0.1, 0.15) is 5.56 Å². The molecule has 1 aliphatic heterocycles. The molecule has 0 saturated heterocycles. The van der Waals surface area contributed by atoms with E-state index in [4.69, 9.17) is 15.4 Å². The molecule has 0 aromatic heterocycles. The minimum atomic E-state index is -1.00. The average molecular weight is 167 g/mol. The largest absolute Gasteiger partial charge is 0.491 e. The second-order valence-electron chi connectivity index (χ2n) is 2.70. The van der Waals surface area contributed by atoms with Gasteiger partial charge in [0.1, 0.15) is 0 Å². The van der Waals surface area contributed by atoms with Crippen LogP contribution in [0.2, 0.25) is 0 Å². The average Bonchev–Trinajstić information content (AvgIpc) is 2.41. The highest BCUT2D eigenvalue weighted by Crippen LogP contribution is 2.18. The highest BCUT2D eigenvalue weighted by atomic mass is 19.1. The standard InChI is InChI=1S/C7H7BFNO2/c9-7-4-3-12-8(11)5(4)1-2-6(7)10/h1-2,11H,3,10H2. The smallest absolute Gasteiger partial charge is 0.423 e. The van der Waals surface area contributed by atoms with E-state index in [1.807, 2.05) is 0 Å². The third-order valence-electron chi connectivity index (χ3n) is 1.96. The van der Waals surface area contributed by atoms with Crippen LogP contribution < -0.4 is 11.2 Å². The Bertz CT molecular complexity index is 331. The van der Waals surface area contributed by atoms with Crippen molar-refractivity contribution in [2.75, 3.05) is 5.73 Å². The molecular weight excluding hydrogens is 160 g/mol. The highest BCUT2D eigenvalue weighted by molar-refractivity contribution is 6.61. The molecule has 1 aromatic rings. The van der Waals surface area contributed by atoms with Crippen molar-refractivity contribution < 1.29 is 14.1 Å². The highest BCUT2D eigenvalue weighted by Gasteiger charge is 2.30. The molecule has 0 bridgehead atoms. The molecule has 0 radical (unpaired) electrons. The molecule has 0 amide bonds. The first-order valence-electron chi connectivity index (χ1n) is 3.56. The molecule has 1 aromatic carbocycles. The third kappa shape index (κ3) is 0.905. The zero-order valence-corrected chi connectivity index (χ0v) is 6.25. The van der Waals surface area contributed by atoms with Gasteiger partial charge < -0.3 is 15.4 Å². The topological polar surface area (TPSA) is 55.5 Å². The minimum Gasteiger partial charge on any atom is -0.423 e. The lowest BCUT2D eigenvalue weighted by Crippen LogP contribution is -2.28. The first-order chi connectivity index (χ1) is 5.70. The number of nitrogen functional groups attached to an aromatic ring is 1. The maximum absolute atomic E-state index is 13.2. The zero-order valence-electron chi connectivity index (χ0n) is 6.25. The normalized spacial score (nSPS) is 15.0. The second kappa shape index (κ2) is 2.47. The summed E-state index contributed by atoms with van der Waals surface area (Å²) in [5, 5.41) is 9.17. The second-order valence-corrected chi connectivity index (χ2v) is 2.70. The van der Waals surface area contributed by atoms with E-state index in [-0.39, 0.29) is 12.3 Å². The van der Waals surface area contributed by atoms with Gasteiger partial charge in [-0.3, -0.25) is 0 Å². The number of benzene rings is 1. The van der Waals surface area contributed by atoms with Crippen molar-refractivity contribution in [2.24, 2.45) is 0 Å². The summed E-state index contributed by atoms with van der Waals surface area (Å²) in [4.78, 5) is 0. The zero-order chi connectivity index (χ0) is 8.72. The van der Waals surface area contributed by atoms with Gasteiger partial charge in [-0.2, -0.15) is 0 Å². The van der Waals surface area contributed by atoms with Crippen molar-refractivity contribution in [3.8, 4) is 0 Å². The summed E-state index contributed by atoms with van der Waals surface area (Å²) in [6, 6.07) is 3.00. The Morgan fingerprint density at radius 2 is 2.33 bits per heavy atom. The molecule has 0 unspecified atom stereocenters. The Labute approximate surface area is 69.1 Å². The lowest BCUT2D eigenvalue weighted by molar-refractivity contribution is 0.272. The predicted octanol–water partition coefficient (Wildman–Crippen LogP) is -0.374. The quantitative estimate of drug-likeness (QED) is 0.409. The molecule has 0 aliphatic carbocycles. The number of nitrogens with two attached hydrogens (primary N) is 1. The fourth-order valence-electron chi connectivity index (χ4n) is 1.28. The Morgan fingerprint density at radius 1 is 1.58 bits per heavy atom. The van der Waals surface area contributed by atoms with E-state index >= 15 is 0 Å². The van der Waals surface area contributed by atoms with E-state index in [1.54, 1.807) is 6.07 Å². The summed E-state index contributed by atoms with van der Waals surface area (Å²) in [7, 11) is -1.00. The monoisotopic (exact) mass is 167 g/mol. The lowest BCUT2D eigenvalue weighted by Gasteiger charge is -2.01. The molecule has 5 heteroatoms. The van der Waals surface area contributed by atoms with Crippen LogP contribution in [0.15, 0.2) is 12.1 Å². The summed E-state index contributed by atoms with van der Waals surface area (Å²) < 4.78 is 18.0. The molecule has 0 spiro atoms. The van der Waals surface area contributed by atoms with Crippen molar-refractivity contribution in [1.82, 2.24) is 0 Å². The maximum Gasteiger partial charge on any atom is 0.491 e. The Hall–Kier alpha value is -1.07. The molecule has 62 valence electrons. The van der Waals surface area contributed by atoms with Gasteiger partial charge in [0.15, 0.2) is 5.82 Å². The molecule has 1 aliphatic rings. The van der Waals surface area contributed by atoms with Crippen molar-refractivity contribution in [3.05, 3.63) is 23.5 Å². The van der Waals surface area contributed by atoms with Crippen LogP contribution in [0, 0.1) is 5.82 Å². The molecule has 2 rings (SSSR count). The van der Waals surface area contributed by atoms with Gasteiger partial charge >= 0.3 is 7.12 Å². The SMILES string of the molecule is Nc1ccc2c(c1F)COB2O. The summed E-state index contributed by atoms with van der Waals surface area (Å²) in [5.74, 6) is -0.482. The van der Waals surface area contributed by atoms with Crippen molar-refractivity contribution in [2.45, 2.75) is 6.61 Å². The number of hydrogen-bond acceptors (Lipinski definition) is 3.